The summed E-state index contributed by atoms with van der Waals surface area (Å²) in [7, 11) is 0. The Kier molecular flexibility index (Phi) is 4.19. The fourth-order valence-electron chi connectivity index (χ4n) is 1.44. The second-order valence-electron chi connectivity index (χ2n) is 3.54. The van der Waals surface area contributed by atoms with Gasteiger partial charge in [-0.05, 0) is 40.2 Å². The van der Waals surface area contributed by atoms with E-state index in [1.54, 1.807) is 12.1 Å². The molecule has 0 unspecified atom stereocenters. The van der Waals surface area contributed by atoms with Crippen LogP contribution in [0.1, 0.15) is 5.56 Å². The summed E-state index contributed by atoms with van der Waals surface area (Å²) in [6.07, 6.45) is 0. The molecule has 0 radical (unpaired) electrons. The maximum Gasteiger partial charge on any atom is 0.167 e. The van der Waals surface area contributed by atoms with Gasteiger partial charge in [-0.15, -0.1) is 11.6 Å². The Labute approximate surface area is 116 Å². The van der Waals surface area contributed by atoms with Crippen molar-refractivity contribution in [3.63, 3.8) is 0 Å². The molecule has 0 aromatic heterocycles. The van der Waals surface area contributed by atoms with E-state index in [-0.39, 0.29) is 11.6 Å². The van der Waals surface area contributed by atoms with Crippen molar-refractivity contribution in [2.45, 2.75) is 5.88 Å². The van der Waals surface area contributed by atoms with Crippen LogP contribution in [-0.4, -0.2) is 0 Å². The minimum absolute atomic E-state index is 0.0554. The molecular formula is C13H8BrClF2O. The minimum atomic E-state index is -0.510. The first-order chi connectivity index (χ1) is 8.61. The molecular weight excluding hydrogens is 325 g/mol. The highest BCUT2D eigenvalue weighted by Gasteiger charge is 2.12. The Balaban J connectivity index is 2.39. The van der Waals surface area contributed by atoms with Crippen LogP contribution in [0.15, 0.2) is 40.9 Å². The molecule has 0 aliphatic heterocycles. The molecule has 0 aliphatic rings. The molecule has 5 heteroatoms. The van der Waals surface area contributed by atoms with E-state index in [2.05, 4.69) is 15.9 Å². The van der Waals surface area contributed by atoms with Gasteiger partial charge in [-0.25, -0.2) is 8.78 Å². The topological polar surface area (TPSA) is 9.23 Å². The molecule has 0 amide bonds. The van der Waals surface area contributed by atoms with Crippen molar-refractivity contribution in [3.05, 3.63) is 58.1 Å². The predicted octanol–water partition coefficient (Wildman–Crippen LogP) is 5.26. The first-order valence-electron chi connectivity index (χ1n) is 5.08. The van der Waals surface area contributed by atoms with Gasteiger partial charge >= 0.3 is 0 Å². The van der Waals surface area contributed by atoms with E-state index in [0.29, 0.717) is 15.8 Å². The quantitative estimate of drug-likeness (QED) is 0.696. The fourth-order valence-corrected chi connectivity index (χ4v) is 2.08. The monoisotopic (exact) mass is 332 g/mol. The van der Waals surface area contributed by atoms with E-state index in [4.69, 9.17) is 16.3 Å². The van der Waals surface area contributed by atoms with Gasteiger partial charge in [-0.3, -0.25) is 0 Å². The van der Waals surface area contributed by atoms with Gasteiger partial charge in [0.25, 0.3) is 0 Å². The first kappa shape index (κ1) is 13.3. The van der Waals surface area contributed by atoms with E-state index < -0.39 is 11.6 Å². The summed E-state index contributed by atoms with van der Waals surface area (Å²) in [6.45, 7) is 0. The predicted molar refractivity (Wildman–Crippen MR) is 70.1 cm³/mol. The lowest BCUT2D eigenvalue weighted by atomic mass is 10.2. The van der Waals surface area contributed by atoms with Crippen LogP contribution in [-0.2, 0) is 5.88 Å². The molecule has 94 valence electrons. The van der Waals surface area contributed by atoms with Gasteiger partial charge in [0.05, 0.1) is 10.4 Å². The summed E-state index contributed by atoms with van der Waals surface area (Å²) in [5.74, 6) is -0.399. The Morgan fingerprint density at radius 2 is 1.94 bits per heavy atom. The second-order valence-corrected chi connectivity index (χ2v) is 4.66. The van der Waals surface area contributed by atoms with Crippen molar-refractivity contribution in [2.24, 2.45) is 0 Å². The number of halogens is 4. The van der Waals surface area contributed by atoms with Crippen molar-refractivity contribution < 1.29 is 13.5 Å². The molecule has 1 nitrogen and oxygen atoms in total. The van der Waals surface area contributed by atoms with Crippen molar-refractivity contribution >= 4 is 27.5 Å². The average molecular weight is 334 g/mol. The maximum absolute atomic E-state index is 13.7. The number of hydrogen-bond donors (Lipinski definition) is 0. The molecule has 2 aromatic carbocycles. The molecule has 2 rings (SSSR count). The van der Waals surface area contributed by atoms with Gasteiger partial charge in [0, 0.05) is 5.56 Å². The highest BCUT2D eigenvalue weighted by atomic mass is 79.9. The fraction of sp³-hybridized carbons (Fsp3) is 0.0769. The van der Waals surface area contributed by atoms with E-state index in [1.165, 1.54) is 24.3 Å². The molecule has 0 bridgehead atoms. The zero-order valence-corrected chi connectivity index (χ0v) is 11.4. The Hall–Kier alpha value is -1.13. The van der Waals surface area contributed by atoms with Crippen LogP contribution in [0.4, 0.5) is 8.78 Å². The van der Waals surface area contributed by atoms with Crippen LogP contribution in [0.3, 0.4) is 0 Å². The molecule has 0 atom stereocenters. The molecule has 18 heavy (non-hydrogen) atoms. The third-order valence-corrected chi connectivity index (χ3v) is 3.21. The number of ether oxygens (including phenoxy) is 1. The van der Waals surface area contributed by atoms with Crippen LogP contribution in [0.2, 0.25) is 0 Å². The highest BCUT2D eigenvalue weighted by Crippen LogP contribution is 2.34. The summed E-state index contributed by atoms with van der Waals surface area (Å²) >= 11 is 8.87. The van der Waals surface area contributed by atoms with Crippen molar-refractivity contribution in [1.29, 1.82) is 0 Å². The number of rotatable bonds is 3. The van der Waals surface area contributed by atoms with Crippen LogP contribution >= 0.6 is 27.5 Å². The standard InChI is InChI=1S/C13H8BrClF2O/c14-10-6-9(16)4-5-12(10)18-13-8(7-15)2-1-3-11(13)17/h1-6H,7H2. The largest absolute Gasteiger partial charge is 0.453 e. The number of para-hydroxylation sites is 1. The second kappa shape index (κ2) is 5.67. The van der Waals surface area contributed by atoms with E-state index in [0.717, 1.165) is 0 Å². The van der Waals surface area contributed by atoms with E-state index in [9.17, 15) is 8.78 Å². The summed E-state index contributed by atoms with van der Waals surface area (Å²) in [6, 6.07) is 8.41. The minimum Gasteiger partial charge on any atom is -0.453 e. The lowest BCUT2D eigenvalue weighted by Crippen LogP contribution is -1.94. The zero-order valence-electron chi connectivity index (χ0n) is 9.09. The lowest BCUT2D eigenvalue weighted by molar-refractivity contribution is 0.434. The SMILES string of the molecule is Fc1ccc(Oc2c(F)cccc2CCl)c(Br)c1. The van der Waals surface area contributed by atoms with Crippen LogP contribution in [0.25, 0.3) is 0 Å². The molecule has 0 saturated heterocycles. The third-order valence-electron chi connectivity index (χ3n) is 2.30. The van der Waals surface area contributed by atoms with Gasteiger partial charge in [-0.2, -0.15) is 0 Å². The maximum atomic E-state index is 13.7. The Morgan fingerprint density at radius 3 is 2.61 bits per heavy atom. The van der Waals surface area contributed by atoms with Crippen molar-refractivity contribution in [3.8, 4) is 11.5 Å². The summed E-state index contributed by atoms with van der Waals surface area (Å²) in [4.78, 5) is 0. The summed E-state index contributed by atoms with van der Waals surface area (Å²) in [5, 5.41) is 0. The van der Waals surface area contributed by atoms with E-state index >= 15 is 0 Å². The number of benzene rings is 2. The molecule has 0 spiro atoms. The van der Waals surface area contributed by atoms with Crippen LogP contribution in [0, 0.1) is 11.6 Å². The average Bonchev–Trinajstić information content (AvgIpc) is 2.34. The van der Waals surface area contributed by atoms with E-state index in [1.807, 2.05) is 0 Å². The van der Waals surface area contributed by atoms with Gasteiger partial charge < -0.3 is 4.74 Å². The molecule has 0 aliphatic carbocycles. The lowest BCUT2D eigenvalue weighted by Gasteiger charge is -2.11. The zero-order chi connectivity index (χ0) is 13.1. The van der Waals surface area contributed by atoms with Crippen LogP contribution < -0.4 is 4.74 Å². The Morgan fingerprint density at radius 1 is 1.17 bits per heavy atom. The van der Waals surface area contributed by atoms with Crippen molar-refractivity contribution in [1.82, 2.24) is 0 Å². The molecule has 2 aromatic rings. The number of hydrogen-bond acceptors (Lipinski definition) is 1. The first-order valence-corrected chi connectivity index (χ1v) is 6.41. The molecule has 0 fully saturated rings. The highest BCUT2D eigenvalue weighted by molar-refractivity contribution is 9.10. The summed E-state index contributed by atoms with van der Waals surface area (Å²) in [5.41, 5.74) is 0.535. The summed E-state index contributed by atoms with van der Waals surface area (Å²) < 4.78 is 32.4. The van der Waals surface area contributed by atoms with Gasteiger partial charge in [0.2, 0.25) is 0 Å². The van der Waals surface area contributed by atoms with Crippen molar-refractivity contribution in [2.75, 3.05) is 0 Å². The normalized spacial score (nSPS) is 10.4. The Bertz CT molecular complexity index is 575. The van der Waals surface area contributed by atoms with Gasteiger partial charge in [-0.1, -0.05) is 12.1 Å². The van der Waals surface area contributed by atoms with Gasteiger partial charge in [0.15, 0.2) is 11.6 Å². The molecule has 0 N–H and O–H groups in total. The smallest absolute Gasteiger partial charge is 0.167 e. The van der Waals surface area contributed by atoms with Gasteiger partial charge in [0.1, 0.15) is 11.6 Å². The van der Waals surface area contributed by atoms with Crippen LogP contribution in [0.5, 0.6) is 11.5 Å². The third kappa shape index (κ3) is 2.82. The molecule has 0 heterocycles. The number of alkyl halides is 1. The molecule has 0 saturated carbocycles.